The molecule has 8 unspecified atom stereocenters. The van der Waals surface area contributed by atoms with E-state index in [0.29, 0.717) is 11.8 Å². The Bertz CT molecular complexity index is 325. The van der Waals surface area contributed by atoms with Crippen molar-refractivity contribution in [1.29, 1.82) is 0 Å². The first-order valence-electron chi connectivity index (χ1n) is 11.3. The molecule has 0 aromatic rings. The zero-order chi connectivity index (χ0) is 21.1. The smallest absolute Gasteiger partial charge is 0.0799 e. The molecule has 0 saturated heterocycles. The second-order valence-electron chi connectivity index (χ2n) is 8.82. The zero-order valence-corrected chi connectivity index (χ0v) is 17.8. The lowest BCUT2D eigenvalue weighted by Crippen LogP contribution is -2.33. The molecule has 0 radical (unpaired) electrons. The van der Waals surface area contributed by atoms with E-state index in [9.17, 15) is 20.4 Å². The molecule has 0 spiro atoms. The van der Waals surface area contributed by atoms with Crippen LogP contribution in [-0.2, 0) is 0 Å². The Hall–Kier alpha value is -0.240. The van der Waals surface area contributed by atoms with E-state index in [2.05, 4.69) is 0 Å². The van der Waals surface area contributed by atoms with Gasteiger partial charge in [-0.2, -0.15) is 0 Å². The summed E-state index contributed by atoms with van der Waals surface area (Å²) >= 11 is 0. The molecule has 168 valence electrons. The van der Waals surface area contributed by atoms with Gasteiger partial charge in [0, 0.05) is 0 Å². The van der Waals surface area contributed by atoms with Crippen LogP contribution < -0.4 is 0 Å². The maximum Gasteiger partial charge on any atom is 0.0799 e. The fourth-order valence-corrected chi connectivity index (χ4v) is 4.90. The van der Waals surface area contributed by atoms with Crippen molar-refractivity contribution < 1.29 is 30.6 Å². The Labute approximate surface area is 170 Å². The van der Waals surface area contributed by atoms with Gasteiger partial charge in [-0.05, 0) is 75.0 Å². The molecule has 0 heterocycles. The molecule has 2 rings (SSSR count). The van der Waals surface area contributed by atoms with E-state index in [1.807, 2.05) is 13.8 Å². The third kappa shape index (κ3) is 8.25. The van der Waals surface area contributed by atoms with Gasteiger partial charge in [0.25, 0.3) is 0 Å². The Morgan fingerprint density at radius 1 is 0.571 bits per heavy atom. The average Bonchev–Trinajstić information content (AvgIpc) is 2.77. The minimum absolute atomic E-state index is 0.153. The van der Waals surface area contributed by atoms with Gasteiger partial charge in [-0.25, -0.2) is 0 Å². The van der Waals surface area contributed by atoms with Crippen molar-refractivity contribution in [3.8, 4) is 0 Å². The van der Waals surface area contributed by atoms with Crippen molar-refractivity contribution in [2.24, 2.45) is 23.7 Å². The lowest BCUT2D eigenvalue weighted by molar-refractivity contribution is -0.00249. The number of aliphatic hydroxyl groups excluding tert-OH is 6. The van der Waals surface area contributed by atoms with Gasteiger partial charge in [-0.3, -0.25) is 0 Å². The van der Waals surface area contributed by atoms with Crippen LogP contribution in [0.5, 0.6) is 0 Å². The van der Waals surface area contributed by atoms with E-state index in [4.69, 9.17) is 10.2 Å². The van der Waals surface area contributed by atoms with Gasteiger partial charge in [-0.15, -0.1) is 0 Å². The molecule has 6 nitrogen and oxygen atoms in total. The highest BCUT2D eigenvalue weighted by Gasteiger charge is 2.31. The highest BCUT2D eigenvalue weighted by Crippen LogP contribution is 2.34. The van der Waals surface area contributed by atoms with Gasteiger partial charge in [0.05, 0.1) is 37.6 Å². The fraction of sp³-hybridized carbons (Fsp3) is 1.00. The van der Waals surface area contributed by atoms with E-state index >= 15 is 0 Å². The maximum atomic E-state index is 9.71. The number of hydrogen-bond donors (Lipinski definition) is 6. The predicted octanol–water partition coefficient (Wildman–Crippen LogP) is 1.83. The minimum Gasteiger partial charge on any atom is -0.394 e. The Kier molecular flexibility index (Phi) is 12.8. The van der Waals surface area contributed by atoms with Crippen LogP contribution in [0.4, 0.5) is 0 Å². The van der Waals surface area contributed by atoms with Gasteiger partial charge in [0.1, 0.15) is 0 Å². The molecular weight excluding hydrogens is 360 g/mol. The topological polar surface area (TPSA) is 121 Å². The Balaban J connectivity index is 0.000000280. The average molecular weight is 405 g/mol. The van der Waals surface area contributed by atoms with Crippen molar-refractivity contribution in [3.05, 3.63) is 0 Å². The molecule has 0 aliphatic heterocycles. The summed E-state index contributed by atoms with van der Waals surface area (Å²) in [4.78, 5) is 0. The molecule has 2 fully saturated rings. The van der Waals surface area contributed by atoms with Crippen LogP contribution >= 0.6 is 0 Å². The first-order valence-corrected chi connectivity index (χ1v) is 11.3. The van der Waals surface area contributed by atoms with Crippen LogP contribution in [0.2, 0.25) is 0 Å². The molecular formula is C22H44O6. The van der Waals surface area contributed by atoms with Crippen LogP contribution in [-0.4, -0.2) is 68.3 Å². The standard InChI is InChI=1S/2C11H22O3/c2*1-2-10(13)8-4-3-5-9(6-8)11(14)7-12/h2*8-14H,2-7H2,1H3. The van der Waals surface area contributed by atoms with Crippen molar-refractivity contribution in [2.45, 2.75) is 102 Å². The van der Waals surface area contributed by atoms with E-state index in [0.717, 1.165) is 64.2 Å². The molecule has 28 heavy (non-hydrogen) atoms. The van der Waals surface area contributed by atoms with E-state index in [1.54, 1.807) is 0 Å². The number of rotatable bonds is 8. The van der Waals surface area contributed by atoms with Gasteiger partial charge >= 0.3 is 0 Å². The monoisotopic (exact) mass is 404 g/mol. The molecule has 0 aromatic carbocycles. The van der Waals surface area contributed by atoms with E-state index < -0.39 is 12.2 Å². The lowest BCUT2D eigenvalue weighted by atomic mass is 9.76. The van der Waals surface area contributed by atoms with Gasteiger partial charge in [-0.1, -0.05) is 26.7 Å². The van der Waals surface area contributed by atoms with E-state index in [-0.39, 0.29) is 37.3 Å². The summed E-state index contributed by atoms with van der Waals surface area (Å²) in [7, 11) is 0. The predicted molar refractivity (Wildman–Crippen MR) is 110 cm³/mol. The number of aliphatic hydroxyl groups is 6. The summed E-state index contributed by atoms with van der Waals surface area (Å²) in [6, 6.07) is 0. The second kappa shape index (κ2) is 13.9. The highest BCUT2D eigenvalue weighted by atomic mass is 16.3. The van der Waals surface area contributed by atoms with Crippen molar-refractivity contribution >= 4 is 0 Å². The van der Waals surface area contributed by atoms with Crippen LogP contribution in [0, 0.1) is 23.7 Å². The third-order valence-corrected chi connectivity index (χ3v) is 6.90. The van der Waals surface area contributed by atoms with Gasteiger partial charge < -0.3 is 30.6 Å². The first kappa shape index (κ1) is 25.8. The maximum absolute atomic E-state index is 9.71. The molecule has 0 bridgehead atoms. The Morgan fingerprint density at radius 3 is 1.11 bits per heavy atom. The second-order valence-corrected chi connectivity index (χ2v) is 8.82. The fourth-order valence-electron chi connectivity index (χ4n) is 4.90. The van der Waals surface area contributed by atoms with Crippen LogP contribution in [0.15, 0.2) is 0 Å². The molecule has 8 atom stereocenters. The molecule has 6 heteroatoms. The molecule has 2 aliphatic rings. The molecule has 2 aliphatic carbocycles. The molecule has 6 N–H and O–H groups in total. The Morgan fingerprint density at radius 2 is 0.857 bits per heavy atom. The highest BCUT2D eigenvalue weighted by molar-refractivity contribution is 4.82. The SMILES string of the molecule is CCC(O)C1CCCC(C(O)CO)C1.CCC(O)C1CCCC(C(O)CO)C1. The quantitative estimate of drug-likeness (QED) is 0.367. The summed E-state index contributed by atoms with van der Waals surface area (Å²) in [5.41, 5.74) is 0. The van der Waals surface area contributed by atoms with Crippen LogP contribution in [0.3, 0.4) is 0 Å². The van der Waals surface area contributed by atoms with Crippen molar-refractivity contribution in [1.82, 2.24) is 0 Å². The lowest BCUT2D eigenvalue weighted by Gasteiger charge is -2.33. The summed E-state index contributed by atoms with van der Waals surface area (Å²) in [6.45, 7) is 3.66. The summed E-state index contributed by atoms with van der Waals surface area (Å²) in [5, 5.41) is 56.2. The van der Waals surface area contributed by atoms with Gasteiger partial charge in [0.2, 0.25) is 0 Å². The first-order chi connectivity index (χ1) is 13.4. The van der Waals surface area contributed by atoms with Crippen LogP contribution in [0.1, 0.15) is 78.1 Å². The van der Waals surface area contributed by atoms with Crippen molar-refractivity contribution in [2.75, 3.05) is 13.2 Å². The van der Waals surface area contributed by atoms with E-state index in [1.165, 1.54) is 0 Å². The summed E-state index contributed by atoms with van der Waals surface area (Å²) < 4.78 is 0. The summed E-state index contributed by atoms with van der Waals surface area (Å²) in [6.07, 6.45) is 7.83. The molecule has 0 aromatic heterocycles. The van der Waals surface area contributed by atoms with Crippen molar-refractivity contribution in [3.63, 3.8) is 0 Å². The zero-order valence-electron chi connectivity index (χ0n) is 17.8. The molecule has 2 saturated carbocycles. The normalized spacial score (nSPS) is 32.6. The third-order valence-electron chi connectivity index (χ3n) is 6.90. The number of hydrogen-bond acceptors (Lipinski definition) is 6. The summed E-state index contributed by atoms with van der Waals surface area (Å²) in [5.74, 6) is 1.000. The van der Waals surface area contributed by atoms with Crippen LogP contribution in [0.25, 0.3) is 0 Å². The minimum atomic E-state index is -0.596. The largest absolute Gasteiger partial charge is 0.394 e. The molecule has 0 amide bonds. The van der Waals surface area contributed by atoms with Gasteiger partial charge in [0.15, 0.2) is 0 Å².